The van der Waals surface area contributed by atoms with E-state index in [-0.39, 0.29) is 11.8 Å². The van der Waals surface area contributed by atoms with Gasteiger partial charge in [0.15, 0.2) is 0 Å². The van der Waals surface area contributed by atoms with Crippen LogP contribution in [0, 0.1) is 5.92 Å². The molecule has 1 N–H and O–H groups in total. The molecule has 2 aromatic rings. The average molecular weight is 300 g/mol. The lowest BCUT2D eigenvalue weighted by molar-refractivity contribution is -0.138. The fraction of sp³-hybridized carbons (Fsp3) is 0.500. The lowest BCUT2D eigenvalue weighted by Gasteiger charge is -2.29. The molecule has 1 aromatic heterocycles. The van der Waals surface area contributed by atoms with Gasteiger partial charge in [-0.05, 0) is 18.6 Å². The number of anilines is 1. The number of fused-ring (bicyclic) bond motifs is 1. The number of morpholine rings is 1. The number of nitrogens with one attached hydrogen (secondary N) is 1. The van der Waals surface area contributed by atoms with Crippen molar-refractivity contribution in [1.29, 1.82) is 0 Å². The van der Waals surface area contributed by atoms with Gasteiger partial charge in [-0.15, -0.1) is 0 Å². The quantitative estimate of drug-likeness (QED) is 0.907. The lowest BCUT2D eigenvalue weighted by atomic mass is 10.1. The summed E-state index contributed by atoms with van der Waals surface area (Å²) in [6, 6.07) is 8.01. The summed E-state index contributed by atoms with van der Waals surface area (Å²) in [6.45, 7) is 4.38. The minimum Gasteiger partial charge on any atom is -0.378 e. The second-order valence-corrected chi connectivity index (χ2v) is 5.95. The Morgan fingerprint density at radius 1 is 1.23 bits per heavy atom. The van der Waals surface area contributed by atoms with Crippen LogP contribution in [0.2, 0.25) is 0 Å². The van der Waals surface area contributed by atoms with Crippen LogP contribution in [0.15, 0.2) is 24.3 Å². The van der Waals surface area contributed by atoms with Gasteiger partial charge in [0.05, 0.1) is 30.2 Å². The van der Waals surface area contributed by atoms with E-state index in [1.165, 1.54) is 0 Å². The summed E-state index contributed by atoms with van der Waals surface area (Å²) in [6.07, 6.45) is 0.896. The number of imidazole rings is 1. The Hall–Kier alpha value is -2.08. The smallest absolute Gasteiger partial charge is 0.227 e. The molecule has 2 saturated heterocycles. The monoisotopic (exact) mass is 300 g/mol. The number of hydrogen-bond donors (Lipinski definition) is 1. The molecule has 0 bridgehead atoms. The molecule has 6 heteroatoms. The first kappa shape index (κ1) is 13.6. The molecule has 0 radical (unpaired) electrons. The van der Waals surface area contributed by atoms with Gasteiger partial charge in [-0.2, -0.15) is 0 Å². The van der Waals surface area contributed by atoms with Gasteiger partial charge in [0.2, 0.25) is 11.9 Å². The minimum atomic E-state index is 0.0753. The molecule has 6 nitrogen and oxygen atoms in total. The van der Waals surface area contributed by atoms with E-state index in [0.29, 0.717) is 13.2 Å². The number of amides is 1. The molecule has 1 aromatic carbocycles. The Bertz CT molecular complexity index is 645. The maximum Gasteiger partial charge on any atom is 0.227 e. The highest BCUT2D eigenvalue weighted by molar-refractivity contribution is 5.81. The SMILES string of the molecule is O=C(C1CCN(c2nc3ccccc3[nH]2)C1)N1CCOCC1. The maximum absolute atomic E-state index is 12.6. The van der Waals surface area contributed by atoms with Crippen molar-refractivity contribution in [2.24, 2.45) is 5.92 Å². The molecule has 4 rings (SSSR count). The van der Waals surface area contributed by atoms with Crippen LogP contribution in [0.1, 0.15) is 6.42 Å². The van der Waals surface area contributed by atoms with Gasteiger partial charge < -0.3 is 19.5 Å². The van der Waals surface area contributed by atoms with Crippen molar-refractivity contribution in [3.8, 4) is 0 Å². The van der Waals surface area contributed by atoms with Crippen LogP contribution in [-0.4, -0.2) is 60.2 Å². The minimum absolute atomic E-state index is 0.0753. The first-order chi connectivity index (χ1) is 10.8. The third kappa shape index (κ3) is 2.43. The Labute approximate surface area is 129 Å². The van der Waals surface area contributed by atoms with E-state index in [9.17, 15) is 4.79 Å². The molecule has 116 valence electrons. The standard InChI is InChI=1S/C16H20N4O2/c21-15(19-7-9-22-10-8-19)12-5-6-20(11-12)16-17-13-3-1-2-4-14(13)18-16/h1-4,12H,5-11H2,(H,17,18). The predicted molar refractivity (Wildman–Crippen MR) is 83.8 cm³/mol. The number of benzene rings is 1. The van der Waals surface area contributed by atoms with Gasteiger partial charge in [-0.25, -0.2) is 4.98 Å². The number of H-pyrrole nitrogens is 1. The van der Waals surface area contributed by atoms with E-state index < -0.39 is 0 Å². The molecule has 0 aliphatic carbocycles. The van der Waals surface area contributed by atoms with Gasteiger partial charge >= 0.3 is 0 Å². The summed E-state index contributed by atoms with van der Waals surface area (Å²) < 4.78 is 5.32. The van der Waals surface area contributed by atoms with Crippen molar-refractivity contribution >= 4 is 22.9 Å². The second kappa shape index (κ2) is 5.61. The number of carbonyl (C=O) groups is 1. The highest BCUT2D eigenvalue weighted by atomic mass is 16.5. The summed E-state index contributed by atoms with van der Waals surface area (Å²) in [5, 5.41) is 0. The van der Waals surface area contributed by atoms with Crippen LogP contribution in [-0.2, 0) is 9.53 Å². The van der Waals surface area contributed by atoms with Crippen molar-refractivity contribution in [2.45, 2.75) is 6.42 Å². The van der Waals surface area contributed by atoms with Crippen LogP contribution >= 0.6 is 0 Å². The number of rotatable bonds is 2. The molecule has 1 unspecified atom stereocenters. The molecule has 0 saturated carbocycles. The van der Waals surface area contributed by atoms with Gasteiger partial charge in [-0.3, -0.25) is 4.79 Å². The fourth-order valence-corrected chi connectivity index (χ4v) is 3.29. The highest BCUT2D eigenvalue weighted by Crippen LogP contribution is 2.25. The zero-order chi connectivity index (χ0) is 14.9. The summed E-state index contributed by atoms with van der Waals surface area (Å²) in [5.41, 5.74) is 2.01. The Balaban J connectivity index is 1.46. The van der Waals surface area contributed by atoms with Gasteiger partial charge in [0.25, 0.3) is 0 Å². The molecular formula is C16H20N4O2. The van der Waals surface area contributed by atoms with Crippen LogP contribution in [0.3, 0.4) is 0 Å². The maximum atomic E-state index is 12.6. The normalized spacial score (nSPS) is 22.5. The molecule has 2 aliphatic rings. The highest BCUT2D eigenvalue weighted by Gasteiger charge is 2.33. The third-order valence-corrected chi connectivity index (χ3v) is 4.54. The van der Waals surface area contributed by atoms with Crippen molar-refractivity contribution in [1.82, 2.24) is 14.9 Å². The van der Waals surface area contributed by atoms with E-state index in [0.717, 1.165) is 49.6 Å². The number of aromatic nitrogens is 2. The molecule has 2 aliphatic heterocycles. The largest absolute Gasteiger partial charge is 0.378 e. The lowest BCUT2D eigenvalue weighted by Crippen LogP contribution is -2.44. The fourth-order valence-electron chi connectivity index (χ4n) is 3.29. The summed E-state index contributed by atoms with van der Waals surface area (Å²) >= 11 is 0. The van der Waals surface area contributed by atoms with Crippen molar-refractivity contribution < 1.29 is 9.53 Å². The van der Waals surface area contributed by atoms with E-state index >= 15 is 0 Å². The number of hydrogen-bond acceptors (Lipinski definition) is 4. The number of carbonyl (C=O) groups excluding carboxylic acids is 1. The van der Waals surface area contributed by atoms with Crippen LogP contribution in [0.4, 0.5) is 5.95 Å². The van der Waals surface area contributed by atoms with E-state index in [1.807, 2.05) is 29.2 Å². The van der Waals surface area contributed by atoms with Gasteiger partial charge in [0, 0.05) is 26.2 Å². The van der Waals surface area contributed by atoms with E-state index in [4.69, 9.17) is 4.74 Å². The summed E-state index contributed by atoms with van der Waals surface area (Å²) in [7, 11) is 0. The van der Waals surface area contributed by atoms with Crippen LogP contribution in [0.5, 0.6) is 0 Å². The molecular weight excluding hydrogens is 280 g/mol. The third-order valence-electron chi connectivity index (χ3n) is 4.54. The average Bonchev–Trinajstić information content (AvgIpc) is 3.21. The van der Waals surface area contributed by atoms with Crippen LogP contribution < -0.4 is 4.90 Å². The van der Waals surface area contributed by atoms with Gasteiger partial charge in [-0.1, -0.05) is 12.1 Å². The van der Waals surface area contributed by atoms with E-state index in [2.05, 4.69) is 14.9 Å². The Morgan fingerprint density at radius 3 is 2.86 bits per heavy atom. The zero-order valence-corrected chi connectivity index (χ0v) is 12.5. The van der Waals surface area contributed by atoms with Crippen molar-refractivity contribution in [3.05, 3.63) is 24.3 Å². The van der Waals surface area contributed by atoms with Crippen molar-refractivity contribution in [2.75, 3.05) is 44.3 Å². The molecule has 1 atom stereocenters. The number of aromatic amines is 1. The topological polar surface area (TPSA) is 61.5 Å². The Morgan fingerprint density at radius 2 is 2.05 bits per heavy atom. The van der Waals surface area contributed by atoms with Crippen molar-refractivity contribution in [3.63, 3.8) is 0 Å². The predicted octanol–water partition coefficient (Wildman–Crippen LogP) is 1.25. The van der Waals surface area contributed by atoms with Crippen LogP contribution in [0.25, 0.3) is 11.0 Å². The molecule has 1 amide bonds. The molecule has 2 fully saturated rings. The zero-order valence-electron chi connectivity index (χ0n) is 12.5. The summed E-state index contributed by atoms with van der Waals surface area (Å²) in [4.78, 5) is 24.7. The summed E-state index contributed by atoms with van der Waals surface area (Å²) in [5.74, 6) is 1.21. The number of para-hydroxylation sites is 2. The number of ether oxygens (including phenoxy) is 1. The number of nitrogens with zero attached hydrogens (tertiary/aromatic N) is 3. The van der Waals surface area contributed by atoms with Gasteiger partial charge in [0.1, 0.15) is 0 Å². The molecule has 22 heavy (non-hydrogen) atoms. The molecule has 3 heterocycles. The van der Waals surface area contributed by atoms with E-state index in [1.54, 1.807) is 0 Å². The Kier molecular flexibility index (Phi) is 3.46. The second-order valence-electron chi connectivity index (χ2n) is 5.95. The molecule has 0 spiro atoms. The first-order valence-corrected chi connectivity index (χ1v) is 7.87. The first-order valence-electron chi connectivity index (χ1n) is 7.87.